The largest absolute Gasteiger partial charge is 0.668 e. The molecule has 7 heteroatoms. The van der Waals surface area contributed by atoms with E-state index in [9.17, 15) is 0 Å². The van der Waals surface area contributed by atoms with E-state index >= 15 is 0 Å². The van der Waals surface area contributed by atoms with Gasteiger partial charge in [-0.3, -0.25) is 0 Å². The minimum atomic E-state index is -4.61. The van der Waals surface area contributed by atoms with Crippen molar-refractivity contribution in [3.8, 4) is 0 Å². The molecule has 0 heterocycles. The minimum absolute atomic E-state index is 0. The van der Waals surface area contributed by atoms with Gasteiger partial charge in [0.25, 0.3) is 0 Å². The molecule has 0 aromatic rings. The van der Waals surface area contributed by atoms with Gasteiger partial charge in [-0.15, -0.1) is 0 Å². The van der Waals surface area contributed by atoms with Crippen LogP contribution in [0.1, 0.15) is 0 Å². The van der Waals surface area contributed by atoms with E-state index < -0.39 is 9.05 Å². The van der Waals surface area contributed by atoms with Crippen molar-refractivity contribution in [3.05, 3.63) is 0 Å². The average Bonchev–Trinajstić information content (AvgIpc) is 0.722. The molecule has 0 saturated carbocycles. The number of rotatable bonds is 0. The van der Waals surface area contributed by atoms with Crippen LogP contribution in [0.25, 0.3) is 0 Å². The molecule has 0 aromatic heterocycles. The Morgan fingerprint density at radius 1 is 0.857 bits per heavy atom. The van der Waals surface area contributed by atoms with Gasteiger partial charge in [-0.25, -0.2) is 0 Å². The third-order valence-electron chi connectivity index (χ3n) is 0. The van der Waals surface area contributed by atoms with Crippen molar-refractivity contribution in [2.75, 3.05) is 0 Å². The van der Waals surface area contributed by atoms with Crippen molar-refractivity contribution < 1.29 is 51.9 Å². The molecule has 0 unspecified atom stereocenters. The van der Waals surface area contributed by atoms with Crippen LogP contribution in [0.3, 0.4) is 0 Å². The Bertz CT molecular complexity index is 27.2. The summed E-state index contributed by atoms with van der Waals surface area (Å²) in [6, 6.07) is 0. The van der Waals surface area contributed by atoms with Crippen molar-refractivity contribution in [1.82, 2.24) is 0 Å². The van der Waals surface area contributed by atoms with Crippen LogP contribution in [0, 0.1) is 0 Å². The fraction of sp³-hybridized carbons (Fsp3) is 0. The standard InChI is InChI=1S/Al.H4O4Si.Y.3H/c;1-5(2,3)4;;;;/h;1-4H;;;;. The van der Waals surface area contributed by atoms with Gasteiger partial charge >= 0.3 is 9.05 Å². The first-order valence-corrected chi connectivity index (χ1v) is 2.68. The predicted molar refractivity (Wildman–Crippen MR) is 24.6 cm³/mol. The molecule has 0 fully saturated rings. The van der Waals surface area contributed by atoms with Crippen molar-refractivity contribution in [2.24, 2.45) is 0 Å². The maximum atomic E-state index is 7.33. The molecule has 0 aliphatic carbocycles. The van der Waals surface area contributed by atoms with Crippen LogP contribution >= 0.6 is 0 Å². The molecule has 0 atom stereocenters. The molecule has 0 aliphatic rings. The van der Waals surface area contributed by atoms with Gasteiger partial charge in [0.1, 0.15) is 0 Å². The van der Waals surface area contributed by atoms with Gasteiger partial charge in [0.05, 0.1) is 0 Å². The Labute approximate surface area is 77.7 Å². The quantitative estimate of drug-likeness (QED) is 0.312. The van der Waals surface area contributed by atoms with Gasteiger partial charge in [-0.05, 0) is 0 Å². The molecular weight excluding hydrogens is 208 g/mol. The van der Waals surface area contributed by atoms with Gasteiger partial charge in [0, 0.05) is 32.7 Å². The first kappa shape index (κ1) is 15.9. The second kappa shape index (κ2) is 5.82. The maximum Gasteiger partial charge on any atom is 0.668 e. The zero-order chi connectivity index (χ0) is 4.50. The first-order chi connectivity index (χ1) is 2.00. The van der Waals surface area contributed by atoms with Crippen LogP contribution in [-0.2, 0) is 32.7 Å². The maximum absolute atomic E-state index is 7.33. The van der Waals surface area contributed by atoms with Gasteiger partial charge in [-0.2, -0.15) is 0 Å². The Morgan fingerprint density at radius 2 is 0.857 bits per heavy atom. The molecule has 4 nitrogen and oxygen atoms in total. The molecule has 0 spiro atoms. The molecule has 0 aromatic carbocycles. The minimum Gasteiger partial charge on any atom is -0.368 e. The van der Waals surface area contributed by atoms with E-state index in [1.165, 1.54) is 0 Å². The van der Waals surface area contributed by atoms with Crippen LogP contribution in [0.15, 0.2) is 0 Å². The molecule has 1 radical (unpaired) electrons. The van der Waals surface area contributed by atoms with Crippen molar-refractivity contribution in [3.63, 3.8) is 0 Å². The molecule has 7 heavy (non-hydrogen) atoms. The predicted octanol–water partition coefficient (Wildman–Crippen LogP) is -3.80. The third kappa shape index (κ3) is 87.0. The number of hydrogen-bond donors (Lipinski definition) is 4. The Hall–Kier alpha value is 1.69. The normalized spacial score (nSPS) is 8.57. The smallest absolute Gasteiger partial charge is 0.368 e. The second-order valence-corrected chi connectivity index (χ2v) is 1.80. The van der Waals surface area contributed by atoms with Crippen molar-refractivity contribution in [2.45, 2.75) is 0 Å². The van der Waals surface area contributed by atoms with E-state index in [0.29, 0.717) is 0 Å². The summed E-state index contributed by atoms with van der Waals surface area (Å²) in [5, 5.41) is 0. The fourth-order valence-corrected chi connectivity index (χ4v) is 0. The van der Waals surface area contributed by atoms with E-state index in [2.05, 4.69) is 0 Å². The van der Waals surface area contributed by atoms with Gasteiger partial charge in [0.2, 0.25) is 0 Å². The third-order valence-corrected chi connectivity index (χ3v) is 0. The van der Waals surface area contributed by atoms with Crippen LogP contribution < -0.4 is 0 Å². The molecule has 0 rings (SSSR count). The summed E-state index contributed by atoms with van der Waals surface area (Å²) in [6.45, 7) is 0. The van der Waals surface area contributed by atoms with Crippen LogP contribution in [0.4, 0.5) is 0 Å². The van der Waals surface area contributed by atoms with Crippen LogP contribution in [0.5, 0.6) is 0 Å². The molecule has 0 aliphatic heterocycles. The van der Waals surface area contributed by atoms with E-state index in [4.69, 9.17) is 19.2 Å². The van der Waals surface area contributed by atoms with E-state index in [1.807, 2.05) is 0 Å². The molecular formula is H7AlO4SiY. The summed E-state index contributed by atoms with van der Waals surface area (Å²) in [5.74, 6) is 0. The summed E-state index contributed by atoms with van der Waals surface area (Å²) in [5.41, 5.74) is 0. The number of hydrogen-bond acceptors (Lipinski definition) is 4. The Morgan fingerprint density at radius 3 is 0.857 bits per heavy atom. The van der Waals surface area contributed by atoms with Gasteiger partial charge in [0.15, 0.2) is 17.4 Å². The van der Waals surface area contributed by atoms with Crippen LogP contribution in [0.2, 0.25) is 0 Å². The second-order valence-electron chi connectivity index (χ2n) is 0.600. The van der Waals surface area contributed by atoms with Crippen LogP contribution in [-0.4, -0.2) is 45.6 Å². The molecule has 4 N–H and O–H groups in total. The van der Waals surface area contributed by atoms with Crippen molar-refractivity contribution in [1.29, 1.82) is 0 Å². The summed E-state index contributed by atoms with van der Waals surface area (Å²) in [6.07, 6.45) is 0. The molecule has 0 saturated heterocycles. The van der Waals surface area contributed by atoms with Gasteiger partial charge in [-0.1, -0.05) is 0 Å². The SMILES string of the molecule is O[Si](O)(O)O.[AlH3].[Y]. The van der Waals surface area contributed by atoms with Gasteiger partial charge < -0.3 is 19.2 Å². The monoisotopic (exact) mass is 215 g/mol. The Kier molecular flexibility index (Phi) is 13.2. The summed E-state index contributed by atoms with van der Waals surface area (Å²) in [7, 11) is -4.61. The first-order valence-electron chi connectivity index (χ1n) is 0.894. The zero-order valence-electron chi connectivity index (χ0n) is 2.87. The summed E-state index contributed by atoms with van der Waals surface area (Å²) >= 11 is 0. The fourth-order valence-electron chi connectivity index (χ4n) is 0. The molecule has 41 valence electrons. The zero-order valence-corrected chi connectivity index (χ0v) is 6.70. The summed E-state index contributed by atoms with van der Waals surface area (Å²) < 4.78 is 0. The average molecular weight is 215 g/mol. The van der Waals surface area contributed by atoms with Crippen molar-refractivity contribution >= 4 is 26.4 Å². The Balaban J connectivity index is -0.0000000800. The van der Waals surface area contributed by atoms with E-state index in [-0.39, 0.29) is 50.1 Å². The molecule has 0 amide bonds. The summed E-state index contributed by atoms with van der Waals surface area (Å²) in [4.78, 5) is 29.3. The molecule has 0 bridgehead atoms. The topological polar surface area (TPSA) is 80.9 Å². The van der Waals surface area contributed by atoms with E-state index in [1.54, 1.807) is 0 Å². The van der Waals surface area contributed by atoms with E-state index in [0.717, 1.165) is 0 Å².